The van der Waals surface area contributed by atoms with Gasteiger partial charge in [0.2, 0.25) is 0 Å². The summed E-state index contributed by atoms with van der Waals surface area (Å²) in [5.41, 5.74) is 4.50. The maximum absolute atomic E-state index is 14.2. The maximum Gasteiger partial charge on any atom is 0.326 e. The first-order valence-electron chi connectivity index (χ1n) is 13.2. The van der Waals surface area contributed by atoms with Crippen LogP contribution in [0.15, 0.2) is 97.1 Å². The molecule has 0 fully saturated rings. The Balaban J connectivity index is 1.49. The van der Waals surface area contributed by atoms with E-state index >= 15 is 0 Å². The minimum Gasteiger partial charge on any atom is -0.493 e. The van der Waals surface area contributed by atoms with E-state index in [0.717, 1.165) is 16.7 Å². The Hall–Kier alpha value is -5.29. The number of anilines is 1. The van der Waals surface area contributed by atoms with E-state index in [-0.39, 0.29) is 13.0 Å². The molecule has 0 saturated heterocycles. The number of carboxylic acids is 1. The third kappa shape index (κ3) is 6.15. The molecule has 2 N–H and O–H groups in total. The second kappa shape index (κ2) is 12.3. The van der Waals surface area contributed by atoms with Gasteiger partial charge in [-0.25, -0.2) is 4.79 Å². The molecule has 0 aromatic heterocycles. The molecule has 1 aliphatic heterocycles. The maximum atomic E-state index is 14.2. The van der Waals surface area contributed by atoms with E-state index in [1.165, 1.54) is 12.0 Å². The highest BCUT2D eigenvalue weighted by molar-refractivity contribution is 5.90. The van der Waals surface area contributed by atoms with E-state index in [1.807, 2.05) is 54.6 Å². The van der Waals surface area contributed by atoms with Gasteiger partial charge in [-0.05, 0) is 58.7 Å². The van der Waals surface area contributed by atoms with Gasteiger partial charge in [-0.3, -0.25) is 4.79 Å². The minimum atomic E-state index is -1.06. The molecule has 8 heteroatoms. The first-order valence-corrected chi connectivity index (χ1v) is 13.2. The molecule has 4 aromatic carbocycles. The number of hydrogen-bond acceptors (Lipinski definition) is 6. The van der Waals surface area contributed by atoms with Crippen LogP contribution in [0.4, 0.5) is 5.69 Å². The summed E-state index contributed by atoms with van der Waals surface area (Å²) in [6.07, 6.45) is 0.219. The molecule has 5 rings (SSSR count). The number of aliphatic carboxylic acids is 1. The molecule has 41 heavy (non-hydrogen) atoms. The highest BCUT2D eigenvalue weighted by Gasteiger charge is 2.38. The van der Waals surface area contributed by atoms with E-state index in [2.05, 4.69) is 11.4 Å². The van der Waals surface area contributed by atoms with Crippen molar-refractivity contribution in [3.05, 3.63) is 125 Å². The summed E-state index contributed by atoms with van der Waals surface area (Å²) < 4.78 is 11.6. The molecule has 0 aliphatic carbocycles. The van der Waals surface area contributed by atoms with Crippen LogP contribution in [0, 0.1) is 11.3 Å². The van der Waals surface area contributed by atoms with Crippen molar-refractivity contribution in [2.75, 3.05) is 12.4 Å². The van der Waals surface area contributed by atoms with Gasteiger partial charge in [-0.15, -0.1) is 0 Å². The number of carbonyl (C=O) groups is 2. The zero-order valence-electron chi connectivity index (χ0n) is 22.5. The smallest absolute Gasteiger partial charge is 0.326 e. The van der Waals surface area contributed by atoms with Crippen molar-refractivity contribution in [1.29, 1.82) is 5.26 Å². The molecule has 1 amide bonds. The summed E-state index contributed by atoms with van der Waals surface area (Å²) in [5.74, 6) is -0.500. The van der Waals surface area contributed by atoms with Crippen molar-refractivity contribution < 1.29 is 24.2 Å². The van der Waals surface area contributed by atoms with Gasteiger partial charge in [-0.1, -0.05) is 60.7 Å². The predicted octanol–water partition coefficient (Wildman–Crippen LogP) is 5.34. The molecule has 1 heterocycles. The summed E-state index contributed by atoms with van der Waals surface area (Å²) in [4.78, 5) is 28.0. The summed E-state index contributed by atoms with van der Waals surface area (Å²) in [6.45, 7) is 0.517. The lowest BCUT2D eigenvalue weighted by Crippen LogP contribution is -2.51. The van der Waals surface area contributed by atoms with E-state index in [0.29, 0.717) is 34.9 Å². The molecule has 8 nitrogen and oxygen atoms in total. The van der Waals surface area contributed by atoms with Gasteiger partial charge in [-0.2, -0.15) is 5.26 Å². The zero-order chi connectivity index (χ0) is 28.8. The number of nitrogens with one attached hydrogen (secondary N) is 1. The van der Waals surface area contributed by atoms with E-state index in [9.17, 15) is 20.0 Å². The van der Waals surface area contributed by atoms with Gasteiger partial charge in [0.1, 0.15) is 18.7 Å². The quantitative estimate of drug-likeness (QED) is 0.291. The number of amides is 1. The van der Waals surface area contributed by atoms with Gasteiger partial charge >= 0.3 is 5.97 Å². The molecule has 206 valence electrons. The number of fused-ring (bicyclic) bond motifs is 1. The van der Waals surface area contributed by atoms with Crippen LogP contribution >= 0.6 is 0 Å². The number of nitriles is 1. The van der Waals surface area contributed by atoms with Crippen molar-refractivity contribution in [2.24, 2.45) is 0 Å². The Morgan fingerprint density at radius 1 is 0.976 bits per heavy atom. The highest BCUT2D eigenvalue weighted by Crippen LogP contribution is 2.34. The second-order valence-corrected chi connectivity index (χ2v) is 9.74. The third-order valence-electron chi connectivity index (χ3n) is 7.15. The zero-order valence-corrected chi connectivity index (χ0v) is 22.5. The van der Waals surface area contributed by atoms with Crippen LogP contribution in [0.1, 0.15) is 33.9 Å². The lowest BCUT2D eigenvalue weighted by atomic mass is 9.92. The highest BCUT2D eigenvalue weighted by atomic mass is 16.5. The monoisotopic (exact) mass is 547 g/mol. The fraction of sp³-hybridized carbons (Fsp3) is 0.182. The molecule has 1 aliphatic rings. The lowest BCUT2D eigenvalue weighted by Gasteiger charge is -2.37. The number of nitrogens with zero attached hydrogens (tertiary/aromatic N) is 2. The number of carbonyl (C=O) groups excluding carboxylic acids is 1. The average Bonchev–Trinajstić information content (AvgIpc) is 3.02. The van der Waals surface area contributed by atoms with Crippen LogP contribution < -0.4 is 14.8 Å². The molecule has 0 saturated carbocycles. The summed E-state index contributed by atoms with van der Waals surface area (Å²) in [6, 6.07) is 29.4. The Bertz CT molecular complexity index is 1580. The van der Waals surface area contributed by atoms with Crippen LogP contribution in [-0.4, -0.2) is 35.0 Å². The van der Waals surface area contributed by atoms with Crippen molar-refractivity contribution in [2.45, 2.75) is 31.7 Å². The SMILES string of the molecule is COc1cc(C(Nc2ccc(C#N)cc2)C(=O)N2Cc3ccccc3C[C@@H]2C(=O)O)ccc1OCc1ccccc1. The van der Waals surface area contributed by atoms with E-state index in [1.54, 1.807) is 42.5 Å². The number of rotatable bonds is 9. The van der Waals surface area contributed by atoms with Crippen LogP contribution in [-0.2, 0) is 29.2 Å². The second-order valence-electron chi connectivity index (χ2n) is 9.74. The lowest BCUT2D eigenvalue weighted by molar-refractivity contribution is -0.151. The number of methoxy groups -OCH3 is 1. The van der Waals surface area contributed by atoms with Gasteiger partial charge in [0.05, 0.1) is 18.7 Å². The molecular formula is C33H29N3O5. The average molecular weight is 548 g/mol. The molecule has 0 bridgehead atoms. The number of carboxylic acid groups (broad SMARTS) is 1. The molecular weight excluding hydrogens is 518 g/mol. The molecule has 0 radical (unpaired) electrons. The third-order valence-corrected chi connectivity index (χ3v) is 7.15. The van der Waals surface area contributed by atoms with Gasteiger partial charge < -0.3 is 24.8 Å². The summed E-state index contributed by atoms with van der Waals surface area (Å²) in [5, 5.41) is 22.5. The Labute approximate surface area is 238 Å². The van der Waals surface area contributed by atoms with Crippen LogP contribution in [0.5, 0.6) is 11.5 Å². The first-order chi connectivity index (χ1) is 20.0. The predicted molar refractivity (Wildman–Crippen MR) is 153 cm³/mol. The van der Waals surface area contributed by atoms with Crippen molar-refractivity contribution in [3.63, 3.8) is 0 Å². The molecule has 4 aromatic rings. The number of benzene rings is 4. The first kappa shape index (κ1) is 27.3. The van der Waals surface area contributed by atoms with Crippen molar-refractivity contribution in [3.8, 4) is 17.6 Å². The normalized spacial score (nSPS) is 14.7. The van der Waals surface area contributed by atoms with Crippen molar-refractivity contribution >= 4 is 17.6 Å². The summed E-state index contributed by atoms with van der Waals surface area (Å²) in [7, 11) is 1.53. The largest absolute Gasteiger partial charge is 0.493 e. The van der Waals surface area contributed by atoms with Gasteiger partial charge in [0, 0.05) is 18.7 Å². The standard InChI is InChI=1S/C33H29N3O5/c1-40-30-18-25(13-16-29(30)41-21-23-7-3-2-4-8-23)31(35-27-14-11-22(19-34)12-15-27)32(37)36-20-26-10-6-5-9-24(26)17-28(36)33(38)39/h2-16,18,28,31,35H,17,20-21H2,1H3,(H,38,39)/t28-,31?/m1/s1. The Morgan fingerprint density at radius 2 is 1.68 bits per heavy atom. The van der Waals surface area contributed by atoms with Crippen LogP contribution in [0.2, 0.25) is 0 Å². The van der Waals surface area contributed by atoms with Crippen LogP contribution in [0.3, 0.4) is 0 Å². The van der Waals surface area contributed by atoms with E-state index < -0.39 is 24.0 Å². The number of hydrogen-bond donors (Lipinski definition) is 2. The Morgan fingerprint density at radius 3 is 2.37 bits per heavy atom. The fourth-order valence-corrected chi connectivity index (χ4v) is 4.95. The molecule has 0 spiro atoms. The van der Waals surface area contributed by atoms with E-state index in [4.69, 9.17) is 9.47 Å². The van der Waals surface area contributed by atoms with Gasteiger partial charge in [0.25, 0.3) is 5.91 Å². The summed E-state index contributed by atoms with van der Waals surface area (Å²) >= 11 is 0. The topological polar surface area (TPSA) is 112 Å². The van der Waals surface area contributed by atoms with Crippen molar-refractivity contribution in [1.82, 2.24) is 4.90 Å². The fourth-order valence-electron chi connectivity index (χ4n) is 4.95. The van der Waals surface area contributed by atoms with Crippen LogP contribution in [0.25, 0.3) is 0 Å². The number of ether oxygens (including phenoxy) is 2. The molecule has 1 unspecified atom stereocenters. The minimum absolute atomic E-state index is 0.174. The Kier molecular flexibility index (Phi) is 8.16. The molecule has 2 atom stereocenters. The van der Waals surface area contributed by atoms with Gasteiger partial charge in [0.15, 0.2) is 11.5 Å².